The molecule has 1 aliphatic rings. The second kappa shape index (κ2) is 4.88. The highest BCUT2D eigenvalue weighted by molar-refractivity contribution is 7.89. The van der Waals surface area contributed by atoms with Gasteiger partial charge in [-0.2, -0.15) is 0 Å². The summed E-state index contributed by atoms with van der Waals surface area (Å²) < 4.78 is 38.8. The van der Waals surface area contributed by atoms with Crippen LogP contribution in [0.25, 0.3) is 0 Å². The highest BCUT2D eigenvalue weighted by Crippen LogP contribution is 2.25. The maximum absolute atomic E-state index is 13.5. The van der Waals surface area contributed by atoms with Gasteiger partial charge in [-0.15, -0.1) is 0 Å². The van der Waals surface area contributed by atoms with Crippen LogP contribution in [0.5, 0.6) is 0 Å². The molecular formula is C12H14FN3O3S. The summed E-state index contributed by atoms with van der Waals surface area (Å²) in [7, 11) is -2.86. The molecule has 8 heteroatoms. The molecule has 0 amide bonds. The lowest BCUT2D eigenvalue weighted by Crippen LogP contribution is -2.52. The van der Waals surface area contributed by atoms with E-state index >= 15 is 0 Å². The third-order valence-electron chi connectivity index (χ3n) is 2.99. The van der Waals surface area contributed by atoms with Crippen molar-refractivity contribution in [1.29, 1.82) is 5.41 Å². The molecule has 1 aliphatic heterocycles. The predicted molar refractivity (Wildman–Crippen MR) is 70.9 cm³/mol. The molecule has 0 bridgehead atoms. The van der Waals surface area contributed by atoms with Crippen LogP contribution in [0, 0.1) is 12.3 Å². The van der Waals surface area contributed by atoms with Crippen LogP contribution >= 0.6 is 0 Å². The molecule has 0 radical (unpaired) electrons. The standard InChI is InChI=1S/C12H14FN3O3S/c1-8-3-5-9(6-4-8)20(18,19)16-7-10(13)11(14)15(2)12(16)17/h3-7,12,14,17H,1-2H3. The van der Waals surface area contributed by atoms with Crippen molar-refractivity contribution in [1.82, 2.24) is 9.21 Å². The Hall–Kier alpha value is -1.93. The number of nitrogens with zero attached hydrogens (tertiary/aromatic N) is 2. The molecule has 1 aromatic rings. The number of hydrogen-bond donors (Lipinski definition) is 2. The quantitative estimate of drug-likeness (QED) is 0.853. The van der Waals surface area contributed by atoms with Crippen molar-refractivity contribution in [2.24, 2.45) is 0 Å². The smallest absolute Gasteiger partial charge is 0.267 e. The van der Waals surface area contributed by atoms with Gasteiger partial charge in [0.1, 0.15) is 0 Å². The van der Waals surface area contributed by atoms with Gasteiger partial charge in [0.15, 0.2) is 11.7 Å². The average Bonchev–Trinajstić information content (AvgIpc) is 2.41. The Morgan fingerprint density at radius 1 is 1.30 bits per heavy atom. The molecule has 2 N–H and O–H groups in total. The fraction of sp³-hybridized carbons (Fsp3) is 0.250. The number of aliphatic hydroxyl groups excluding tert-OH is 1. The third kappa shape index (κ3) is 2.27. The number of hydrogen-bond acceptors (Lipinski definition) is 4. The molecule has 2 rings (SSSR count). The minimum absolute atomic E-state index is 0.0620. The highest BCUT2D eigenvalue weighted by atomic mass is 32.2. The van der Waals surface area contributed by atoms with Crippen LogP contribution in [0.1, 0.15) is 5.56 Å². The van der Waals surface area contributed by atoms with E-state index in [1.807, 2.05) is 0 Å². The zero-order chi connectivity index (χ0) is 15.1. The average molecular weight is 299 g/mol. The summed E-state index contributed by atoms with van der Waals surface area (Å²) in [6.07, 6.45) is -1.05. The van der Waals surface area contributed by atoms with E-state index in [1.54, 1.807) is 19.1 Å². The van der Waals surface area contributed by atoms with E-state index in [9.17, 15) is 17.9 Å². The van der Waals surface area contributed by atoms with E-state index in [0.29, 0.717) is 10.5 Å². The zero-order valence-corrected chi connectivity index (χ0v) is 11.7. The summed E-state index contributed by atoms with van der Waals surface area (Å²) in [4.78, 5) is 0.759. The van der Waals surface area contributed by atoms with Crippen LogP contribution in [0.4, 0.5) is 4.39 Å². The van der Waals surface area contributed by atoms with Crippen LogP contribution in [0.15, 0.2) is 41.2 Å². The number of amidine groups is 1. The van der Waals surface area contributed by atoms with Gasteiger partial charge >= 0.3 is 0 Å². The summed E-state index contributed by atoms with van der Waals surface area (Å²) in [5.74, 6) is -1.61. The zero-order valence-electron chi connectivity index (χ0n) is 10.9. The van der Waals surface area contributed by atoms with Crippen molar-refractivity contribution < 1.29 is 17.9 Å². The minimum Gasteiger partial charge on any atom is -0.355 e. The maximum Gasteiger partial charge on any atom is 0.267 e. The lowest BCUT2D eigenvalue weighted by molar-refractivity contribution is -0.0103. The molecule has 0 saturated heterocycles. The van der Waals surface area contributed by atoms with E-state index in [-0.39, 0.29) is 4.90 Å². The lowest BCUT2D eigenvalue weighted by Gasteiger charge is -2.36. The van der Waals surface area contributed by atoms with Crippen LogP contribution < -0.4 is 0 Å². The summed E-state index contributed by atoms with van der Waals surface area (Å²) in [5.41, 5.74) is 0.878. The summed E-state index contributed by atoms with van der Waals surface area (Å²) in [6, 6.07) is 5.97. The lowest BCUT2D eigenvalue weighted by atomic mass is 10.2. The predicted octanol–water partition coefficient (Wildman–Crippen LogP) is 0.995. The first kappa shape index (κ1) is 14.5. The maximum atomic E-state index is 13.5. The van der Waals surface area contributed by atoms with Crippen LogP contribution in [-0.2, 0) is 10.0 Å². The number of halogens is 1. The molecule has 6 nitrogen and oxygen atoms in total. The van der Waals surface area contributed by atoms with E-state index in [2.05, 4.69) is 0 Å². The molecule has 20 heavy (non-hydrogen) atoms. The first-order chi connectivity index (χ1) is 9.25. The monoisotopic (exact) mass is 299 g/mol. The van der Waals surface area contributed by atoms with Crippen molar-refractivity contribution in [3.05, 3.63) is 41.9 Å². The van der Waals surface area contributed by atoms with Crippen molar-refractivity contribution in [3.63, 3.8) is 0 Å². The molecule has 0 fully saturated rings. The van der Waals surface area contributed by atoms with Gasteiger partial charge in [0.2, 0.25) is 6.35 Å². The Kier molecular flexibility index (Phi) is 3.53. The number of sulfonamides is 1. The van der Waals surface area contributed by atoms with Crippen LogP contribution in [-0.4, -0.2) is 42.0 Å². The summed E-state index contributed by atoms with van der Waals surface area (Å²) in [5, 5.41) is 17.3. The van der Waals surface area contributed by atoms with Gasteiger partial charge < -0.3 is 10.0 Å². The van der Waals surface area contributed by atoms with Gasteiger partial charge in [0, 0.05) is 7.05 Å². The number of aryl methyl sites for hydroxylation is 1. The van der Waals surface area contributed by atoms with E-state index < -0.39 is 28.0 Å². The van der Waals surface area contributed by atoms with Crippen molar-refractivity contribution in [2.45, 2.75) is 18.2 Å². The van der Waals surface area contributed by atoms with Gasteiger partial charge in [-0.1, -0.05) is 17.7 Å². The summed E-state index contributed by atoms with van der Waals surface area (Å²) in [6.45, 7) is 1.81. The normalized spacial score (nSPS) is 20.1. The topological polar surface area (TPSA) is 84.7 Å². The number of likely N-dealkylation sites (N-methyl/N-ethyl adjacent to an activating group) is 1. The third-order valence-corrected chi connectivity index (χ3v) is 4.71. The van der Waals surface area contributed by atoms with Crippen molar-refractivity contribution in [2.75, 3.05) is 7.05 Å². The molecular weight excluding hydrogens is 285 g/mol. The van der Waals surface area contributed by atoms with Crippen molar-refractivity contribution in [3.8, 4) is 0 Å². The fourth-order valence-corrected chi connectivity index (χ4v) is 3.06. The summed E-state index contributed by atoms with van der Waals surface area (Å²) >= 11 is 0. The van der Waals surface area contributed by atoms with E-state index in [0.717, 1.165) is 10.5 Å². The number of rotatable bonds is 2. The van der Waals surface area contributed by atoms with Gasteiger partial charge in [0.05, 0.1) is 11.1 Å². The molecule has 108 valence electrons. The molecule has 1 aromatic carbocycles. The van der Waals surface area contributed by atoms with Gasteiger partial charge in [-0.3, -0.25) is 5.41 Å². The molecule has 1 atom stereocenters. The van der Waals surface area contributed by atoms with Gasteiger partial charge in [0.25, 0.3) is 10.0 Å². The van der Waals surface area contributed by atoms with Crippen LogP contribution in [0.2, 0.25) is 0 Å². The van der Waals surface area contributed by atoms with Gasteiger partial charge in [-0.25, -0.2) is 17.1 Å². The van der Waals surface area contributed by atoms with Crippen LogP contribution in [0.3, 0.4) is 0 Å². The Labute approximate surface area is 116 Å². The Morgan fingerprint density at radius 2 is 1.85 bits per heavy atom. The van der Waals surface area contributed by atoms with Gasteiger partial charge in [-0.05, 0) is 19.1 Å². The number of aliphatic hydroxyl groups is 1. The second-order valence-electron chi connectivity index (χ2n) is 4.43. The number of benzene rings is 1. The highest BCUT2D eigenvalue weighted by Gasteiger charge is 2.36. The SMILES string of the molecule is Cc1ccc(S(=O)(=O)N2C=C(F)C(=N)N(C)C2O)cc1. The largest absolute Gasteiger partial charge is 0.355 e. The first-order valence-corrected chi connectivity index (χ1v) is 7.16. The molecule has 0 spiro atoms. The number of nitrogens with one attached hydrogen (secondary N) is 1. The van der Waals surface area contributed by atoms with E-state index in [4.69, 9.17) is 5.41 Å². The second-order valence-corrected chi connectivity index (χ2v) is 6.27. The molecule has 1 unspecified atom stereocenters. The van der Waals surface area contributed by atoms with E-state index in [1.165, 1.54) is 19.2 Å². The Bertz CT molecular complexity index is 670. The molecule has 0 aliphatic carbocycles. The minimum atomic E-state index is -4.09. The molecule has 0 aromatic heterocycles. The molecule has 1 heterocycles. The first-order valence-electron chi connectivity index (χ1n) is 5.72. The molecule has 0 saturated carbocycles. The Balaban J connectivity index is 2.49. The fourth-order valence-electron chi connectivity index (χ4n) is 1.72. The van der Waals surface area contributed by atoms with Crippen molar-refractivity contribution >= 4 is 15.9 Å². The Morgan fingerprint density at radius 3 is 2.40 bits per heavy atom.